The van der Waals surface area contributed by atoms with Crippen molar-refractivity contribution in [1.82, 2.24) is 5.32 Å². The number of carbonyl (C=O) groups is 1. The molecule has 0 aromatic carbocycles. The molecule has 74 valence electrons. The van der Waals surface area contributed by atoms with Crippen LogP contribution in [0.25, 0.3) is 0 Å². The van der Waals surface area contributed by atoms with Gasteiger partial charge in [0, 0.05) is 24.7 Å². The maximum atomic E-state index is 10.9. The van der Waals surface area contributed by atoms with Gasteiger partial charge in [-0.15, -0.1) is 0 Å². The van der Waals surface area contributed by atoms with Crippen molar-refractivity contribution in [2.24, 2.45) is 0 Å². The average Bonchev–Trinajstić information content (AvgIpc) is 2.51. The van der Waals surface area contributed by atoms with E-state index >= 15 is 0 Å². The normalized spacial score (nSPS) is 16.1. The predicted octanol–water partition coefficient (Wildman–Crippen LogP) is 2.40. The summed E-state index contributed by atoms with van der Waals surface area (Å²) < 4.78 is 0. The zero-order valence-corrected chi connectivity index (χ0v) is 8.44. The van der Waals surface area contributed by atoms with Gasteiger partial charge in [0.05, 0.1) is 0 Å². The van der Waals surface area contributed by atoms with Crippen molar-refractivity contribution >= 4 is 5.78 Å². The smallest absolute Gasteiger partial charge is 0.157 e. The third-order valence-electron chi connectivity index (χ3n) is 2.36. The maximum Gasteiger partial charge on any atom is 0.157 e. The first kappa shape index (κ1) is 10.3. The fourth-order valence-corrected chi connectivity index (χ4v) is 1.54. The monoisotopic (exact) mass is 181 g/mol. The molecule has 1 rings (SSSR count). The molecule has 0 atom stereocenters. The van der Waals surface area contributed by atoms with Crippen molar-refractivity contribution in [1.29, 1.82) is 0 Å². The van der Waals surface area contributed by atoms with Gasteiger partial charge in [0.1, 0.15) is 0 Å². The van der Waals surface area contributed by atoms with Gasteiger partial charge >= 0.3 is 0 Å². The summed E-state index contributed by atoms with van der Waals surface area (Å²) in [5, 5.41) is 3.31. The van der Waals surface area contributed by atoms with Crippen LogP contribution in [0.2, 0.25) is 0 Å². The van der Waals surface area contributed by atoms with Gasteiger partial charge in [-0.25, -0.2) is 0 Å². The molecule has 0 unspecified atom stereocenters. The molecule has 0 aromatic heterocycles. The Morgan fingerprint density at radius 1 is 1.31 bits per heavy atom. The first-order valence-corrected chi connectivity index (χ1v) is 5.30. The molecule has 2 nitrogen and oxygen atoms in total. The van der Waals surface area contributed by atoms with Crippen LogP contribution in [-0.4, -0.2) is 12.3 Å². The largest absolute Gasteiger partial charge is 0.388 e. The third kappa shape index (κ3) is 4.11. The summed E-state index contributed by atoms with van der Waals surface area (Å²) in [5.41, 5.74) is 1.14. The topological polar surface area (TPSA) is 29.1 Å². The van der Waals surface area contributed by atoms with Crippen LogP contribution in [0, 0.1) is 0 Å². The standard InChI is InChI=1S/C11H19NO/c1-2-3-4-5-8-12-10-6-7-11(13)9-10/h9,12H,2-8H2,1H3. The predicted molar refractivity (Wildman–Crippen MR) is 54.5 cm³/mol. The molecule has 1 N–H and O–H groups in total. The number of rotatable bonds is 6. The lowest BCUT2D eigenvalue weighted by atomic mass is 10.2. The van der Waals surface area contributed by atoms with Crippen molar-refractivity contribution in [3.05, 3.63) is 11.8 Å². The van der Waals surface area contributed by atoms with E-state index in [0.29, 0.717) is 6.42 Å². The molecule has 0 aliphatic heterocycles. The summed E-state index contributed by atoms with van der Waals surface area (Å²) in [6.45, 7) is 3.24. The summed E-state index contributed by atoms with van der Waals surface area (Å²) in [6.07, 6.45) is 8.49. The average molecular weight is 181 g/mol. The Hall–Kier alpha value is -0.790. The number of carbonyl (C=O) groups excluding carboxylic acids is 1. The van der Waals surface area contributed by atoms with E-state index in [1.807, 2.05) is 0 Å². The summed E-state index contributed by atoms with van der Waals surface area (Å²) in [7, 11) is 0. The van der Waals surface area contributed by atoms with Gasteiger partial charge in [-0.05, 0) is 12.8 Å². The van der Waals surface area contributed by atoms with E-state index in [2.05, 4.69) is 12.2 Å². The lowest BCUT2D eigenvalue weighted by molar-refractivity contribution is -0.114. The fraction of sp³-hybridized carbons (Fsp3) is 0.727. The number of unbranched alkanes of at least 4 members (excludes halogenated alkanes) is 3. The summed E-state index contributed by atoms with van der Waals surface area (Å²) >= 11 is 0. The van der Waals surface area contributed by atoms with Gasteiger partial charge in [-0.2, -0.15) is 0 Å². The second-order valence-electron chi connectivity index (χ2n) is 3.62. The van der Waals surface area contributed by atoms with Crippen LogP contribution in [0.15, 0.2) is 11.8 Å². The molecule has 0 saturated carbocycles. The van der Waals surface area contributed by atoms with Crippen molar-refractivity contribution in [2.75, 3.05) is 6.54 Å². The highest BCUT2D eigenvalue weighted by Gasteiger charge is 2.10. The highest BCUT2D eigenvalue weighted by atomic mass is 16.1. The van der Waals surface area contributed by atoms with Gasteiger partial charge in [0.2, 0.25) is 0 Å². The van der Waals surface area contributed by atoms with Crippen molar-refractivity contribution in [3.8, 4) is 0 Å². The van der Waals surface area contributed by atoms with Crippen LogP contribution in [0.4, 0.5) is 0 Å². The molecular formula is C11H19NO. The molecule has 0 radical (unpaired) electrons. The molecule has 0 fully saturated rings. The Morgan fingerprint density at radius 3 is 2.77 bits per heavy atom. The van der Waals surface area contributed by atoms with Crippen LogP contribution in [0.5, 0.6) is 0 Å². The minimum atomic E-state index is 0.274. The van der Waals surface area contributed by atoms with Crippen LogP contribution in [0.1, 0.15) is 45.4 Å². The third-order valence-corrected chi connectivity index (χ3v) is 2.36. The number of hydrogen-bond donors (Lipinski definition) is 1. The Morgan fingerprint density at radius 2 is 2.15 bits per heavy atom. The van der Waals surface area contributed by atoms with E-state index in [4.69, 9.17) is 0 Å². The molecule has 0 amide bonds. The lowest BCUT2D eigenvalue weighted by Crippen LogP contribution is -2.13. The van der Waals surface area contributed by atoms with Gasteiger partial charge in [0.25, 0.3) is 0 Å². The van der Waals surface area contributed by atoms with Crippen LogP contribution in [-0.2, 0) is 4.79 Å². The van der Waals surface area contributed by atoms with Crippen LogP contribution in [0.3, 0.4) is 0 Å². The summed E-state index contributed by atoms with van der Waals surface area (Å²) in [6, 6.07) is 0. The zero-order valence-electron chi connectivity index (χ0n) is 8.44. The van der Waals surface area contributed by atoms with Gasteiger partial charge in [-0.3, -0.25) is 4.79 Å². The molecule has 1 aliphatic rings. The second-order valence-corrected chi connectivity index (χ2v) is 3.62. The zero-order chi connectivity index (χ0) is 9.52. The molecule has 0 heterocycles. The fourth-order valence-electron chi connectivity index (χ4n) is 1.54. The van der Waals surface area contributed by atoms with E-state index in [1.165, 1.54) is 25.7 Å². The van der Waals surface area contributed by atoms with E-state index in [-0.39, 0.29) is 5.78 Å². The van der Waals surface area contributed by atoms with Crippen molar-refractivity contribution < 1.29 is 4.79 Å². The number of nitrogens with one attached hydrogen (secondary N) is 1. The van der Waals surface area contributed by atoms with Gasteiger partial charge < -0.3 is 5.32 Å². The first-order chi connectivity index (χ1) is 6.33. The minimum Gasteiger partial charge on any atom is -0.388 e. The van der Waals surface area contributed by atoms with Crippen molar-refractivity contribution in [2.45, 2.75) is 45.4 Å². The van der Waals surface area contributed by atoms with E-state index in [0.717, 1.165) is 18.7 Å². The Kier molecular flexibility index (Phi) is 4.58. The lowest BCUT2D eigenvalue weighted by Gasteiger charge is -2.05. The minimum absolute atomic E-state index is 0.274. The molecule has 0 aromatic rings. The molecular weight excluding hydrogens is 162 g/mol. The van der Waals surface area contributed by atoms with E-state index < -0.39 is 0 Å². The quantitative estimate of drug-likeness (QED) is 0.637. The SMILES string of the molecule is CCCCCCNC1=CC(=O)CC1. The molecule has 0 bridgehead atoms. The maximum absolute atomic E-state index is 10.9. The van der Waals surface area contributed by atoms with E-state index in [9.17, 15) is 4.79 Å². The van der Waals surface area contributed by atoms with Crippen LogP contribution >= 0.6 is 0 Å². The second kappa shape index (κ2) is 5.79. The first-order valence-electron chi connectivity index (χ1n) is 5.30. The highest BCUT2D eigenvalue weighted by molar-refractivity contribution is 5.92. The van der Waals surface area contributed by atoms with Gasteiger partial charge in [0.15, 0.2) is 5.78 Å². The Balaban J connectivity index is 2.00. The number of ketones is 1. The molecule has 13 heavy (non-hydrogen) atoms. The number of allylic oxidation sites excluding steroid dienone is 2. The van der Waals surface area contributed by atoms with Gasteiger partial charge in [-0.1, -0.05) is 26.2 Å². The number of hydrogen-bond acceptors (Lipinski definition) is 2. The molecule has 2 heteroatoms. The van der Waals surface area contributed by atoms with Crippen LogP contribution < -0.4 is 5.32 Å². The summed E-state index contributed by atoms with van der Waals surface area (Å²) in [5.74, 6) is 0.274. The Labute approximate surface area is 80.4 Å². The van der Waals surface area contributed by atoms with Crippen molar-refractivity contribution in [3.63, 3.8) is 0 Å². The molecule has 1 aliphatic carbocycles. The van der Waals surface area contributed by atoms with E-state index in [1.54, 1.807) is 6.08 Å². The summed E-state index contributed by atoms with van der Waals surface area (Å²) in [4.78, 5) is 10.9. The molecule has 0 saturated heterocycles. The Bertz CT molecular complexity index is 196. The molecule has 0 spiro atoms. The highest BCUT2D eigenvalue weighted by Crippen LogP contribution is 2.11.